The van der Waals surface area contributed by atoms with Crippen molar-refractivity contribution in [3.05, 3.63) is 29.3 Å². The van der Waals surface area contributed by atoms with E-state index in [0.717, 1.165) is 16.0 Å². The van der Waals surface area contributed by atoms with Gasteiger partial charge in [-0.25, -0.2) is 0 Å². The second-order valence-corrected chi connectivity index (χ2v) is 4.56. The van der Waals surface area contributed by atoms with Gasteiger partial charge in [-0.1, -0.05) is 28.1 Å². The highest BCUT2D eigenvalue weighted by atomic mass is 79.9. The van der Waals surface area contributed by atoms with E-state index in [2.05, 4.69) is 34.6 Å². The number of hydrogen-bond acceptors (Lipinski definition) is 3. The van der Waals surface area contributed by atoms with Gasteiger partial charge in [0.05, 0.1) is 17.3 Å². The van der Waals surface area contributed by atoms with Crippen molar-refractivity contribution < 1.29 is 4.79 Å². The Balaban J connectivity index is 3.25. The number of nitriles is 1. The predicted molar refractivity (Wildman–Crippen MR) is 65.4 cm³/mol. The molecule has 15 heavy (non-hydrogen) atoms. The number of nitrogens with zero attached hydrogens (tertiary/aromatic N) is 1. The molecule has 2 nitrogen and oxygen atoms in total. The smallest absolute Gasteiger partial charge is 0.147 e. The van der Waals surface area contributed by atoms with E-state index < -0.39 is 0 Å². The molecule has 0 aliphatic rings. The number of rotatable bonds is 3. The van der Waals surface area contributed by atoms with Gasteiger partial charge in [0.2, 0.25) is 0 Å². The van der Waals surface area contributed by atoms with Gasteiger partial charge in [-0.3, -0.25) is 4.79 Å². The van der Waals surface area contributed by atoms with Gasteiger partial charge in [-0.15, -0.1) is 12.6 Å². The second-order valence-electron chi connectivity index (χ2n) is 3.16. The highest BCUT2D eigenvalue weighted by molar-refractivity contribution is 9.09. The Kier molecular flexibility index (Phi) is 4.37. The van der Waals surface area contributed by atoms with Crippen LogP contribution in [-0.4, -0.2) is 5.78 Å². The Bertz CT molecular complexity index is 425. The van der Waals surface area contributed by atoms with Crippen molar-refractivity contribution in [2.45, 2.75) is 23.1 Å². The number of ketones is 1. The first kappa shape index (κ1) is 12.3. The van der Waals surface area contributed by atoms with Gasteiger partial charge in [-0.05, 0) is 24.1 Å². The SMILES string of the molecule is CC(=O)C(Br)c1c(S)cccc1CC#N. The summed E-state index contributed by atoms with van der Waals surface area (Å²) < 4.78 is 0. The maximum Gasteiger partial charge on any atom is 0.147 e. The van der Waals surface area contributed by atoms with Crippen LogP contribution in [0, 0.1) is 11.3 Å². The summed E-state index contributed by atoms with van der Waals surface area (Å²) in [4.78, 5) is 11.6. The monoisotopic (exact) mass is 283 g/mol. The molecule has 0 fully saturated rings. The van der Waals surface area contributed by atoms with Crippen molar-refractivity contribution in [2.75, 3.05) is 0 Å². The van der Waals surface area contributed by atoms with Crippen molar-refractivity contribution in [3.8, 4) is 6.07 Å². The zero-order valence-electron chi connectivity index (χ0n) is 8.20. The molecule has 1 unspecified atom stereocenters. The Morgan fingerprint density at radius 3 is 2.87 bits per heavy atom. The lowest BCUT2D eigenvalue weighted by molar-refractivity contribution is -0.116. The minimum atomic E-state index is -0.380. The summed E-state index contributed by atoms with van der Waals surface area (Å²) in [5.74, 6) is 0.00990. The van der Waals surface area contributed by atoms with E-state index in [-0.39, 0.29) is 10.6 Å². The summed E-state index contributed by atoms with van der Waals surface area (Å²) in [7, 11) is 0. The maximum absolute atomic E-state index is 11.3. The molecule has 0 aliphatic heterocycles. The van der Waals surface area contributed by atoms with Gasteiger partial charge in [-0.2, -0.15) is 5.26 Å². The molecule has 1 rings (SSSR count). The van der Waals surface area contributed by atoms with E-state index in [9.17, 15) is 4.79 Å². The number of benzene rings is 1. The van der Waals surface area contributed by atoms with Crippen molar-refractivity contribution >= 4 is 34.3 Å². The van der Waals surface area contributed by atoms with Crippen molar-refractivity contribution in [2.24, 2.45) is 0 Å². The zero-order valence-corrected chi connectivity index (χ0v) is 10.7. The lowest BCUT2D eigenvalue weighted by atomic mass is 10.0. The third-order valence-electron chi connectivity index (χ3n) is 2.05. The minimum Gasteiger partial charge on any atom is -0.298 e. The van der Waals surface area contributed by atoms with Crippen LogP contribution in [0.2, 0.25) is 0 Å². The lowest BCUT2D eigenvalue weighted by Gasteiger charge is -2.13. The van der Waals surface area contributed by atoms with Crippen LogP contribution in [-0.2, 0) is 11.2 Å². The van der Waals surface area contributed by atoms with E-state index in [0.29, 0.717) is 6.42 Å². The summed E-state index contributed by atoms with van der Waals surface area (Å²) in [5, 5.41) is 8.68. The Morgan fingerprint density at radius 2 is 2.33 bits per heavy atom. The number of carbonyl (C=O) groups excluding carboxylic acids is 1. The number of carbonyl (C=O) groups is 1. The largest absolute Gasteiger partial charge is 0.298 e. The molecule has 0 radical (unpaired) electrons. The molecule has 1 aromatic carbocycles. The minimum absolute atomic E-state index is 0.00990. The Morgan fingerprint density at radius 1 is 1.67 bits per heavy atom. The average Bonchev–Trinajstić information content (AvgIpc) is 2.17. The summed E-state index contributed by atoms with van der Waals surface area (Å²) in [6, 6.07) is 7.57. The van der Waals surface area contributed by atoms with Crippen molar-refractivity contribution in [1.82, 2.24) is 0 Å². The molecule has 0 amide bonds. The molecule has 1 atom stereocenters. The topological polar surface area (TPSA) is 40.9 Å². The van der Waals surface area contributed by atoms with Crippen LogP contribution < -0.4 is 0 Å². The molecule has 0 spiro atoms. The van der Waals surface area contributed by atoms with Gasteiger partial charge >= 0.3 is 0 Å². The van der Waals surface area contributed by atoms with Gasteiger partial charge in [0.25, 0.3) is 0 Å². The molecule has 1 aromatic rings. The molecule has 0 heterocycles. The van der Waals surface area contributed by atoms with Crippen LogP contribution >= 0.6 is 28.6 Å². The van der Waals surface area contributed by atoms with Crippen LogP contribution in [0.3, 0.4) is 0 Å². The van der Waals surface area contributed by atoms with Gasteiger partial charge in [0, 0.05) is 4.90 Å². The first-order valence-corrected chi connectivity index (χ1v) is 5.76. The van der Waals surface area contributed by atoms with Crippen LogP contribution in [0.5, 0.6) is 0 Å². The standard InChI is InChI=1S/C11H10BrNOS/c1-7(14)11(12)10-8(5-6-13)3-2-4-9(10)15/h2-4,11,15H,5H2,1H3. The number of thiol groups is 1. The fraction of sp³-hybridized carbons (Fsp3) is 0.273. The Hall–Kier alpha value is -0.790. The predicted octanol–water partition coefficient (Wildman–Crippen LogP) is 3.07. The first-order valence-electron chi connectivity index (χ1n) is 4.40. The first-order chi connectivity index (χ1) is 7.07. The van der Waals surface area contributed by atoms with E-state index in [1.165, 1.54) is 6.92 Å². The number of hydrogen-bond donors (Lipinski definition) is 1. The van der Waals surface area contributed by atoms with Gasteiger partial charge in [0.1, 0.15) is 5.78 Å². The molecular weight excluding hydrogens is 274 g/mol. The van der Waals surface area contributed by atoms with Gasteiger partial charge in [0.15, 0.2) is 0 Å². The summed E-state index contributed by atoms with van der Waals surface area (Å²) in [6.07, 6.45) is 0.291. The third-order valence-corrected chi connectivity index (χ3v) is 3.55. The van der Waals surface area contributed by atoms with Gasteiger partial charge < -0.3 is 0 Å². The fourth-order valence-corrected chi connectivity index (χ4v) is 2.41. The maximum atomic E-state index is 11.3. The molecule has 4 heteroatoms. The lowest BCUT2D eigenvalue weighted by Crippen LogP contribution is -2.05. The second kappa shape index (κ2) is 5.34. The zero-order chi connectivity index (χ0) is 11.4. The summed E-state index contributed by atoms with van der Waals surface area (Å²) in [5.41, 5.74) is 1.65. The highest BCUT2D eigenvalue weighted by Gasteiger charge is 2.18. The van der Waals surface area contributed by atoms with Crippen LogP contribution in [0.15, 0.2) is 23.1 Å². The van der Waals surface area contributed by atoms with Crippen molar-refractivity contribution in [1.29, 1.82) is 5.26 Å². The normalized spacial score (nSPS) is 11.9. The molecule has 0 aliphatic carbocycles. The van der Waals surface area contributed by atoms with Crippen molar-refractivity contribution in [3.63, 3.8) is 0 Å². The van der Waals surface area contributed by atoms with E-state index in [1.807, 2.05) is 18.2 Å². The molecule has 0 saturated carbocycles. The van der Waals surface area contributed by atoms with E-state index in [1.54, 1.807) is 0 Å². The molecule has 78 valence electrons. The molecule has 0 saturated heterocycles. The third kappa shape index (κ3) is 2.83. The molecule has 0 aromatic heterocycles. The van der Waals surface area contributed by atoms with E-state index >= 15 is 0 Å². The number of halogens is 1. The van der Waals surface area contributed by atoms with E-state index in [4.69, 9.17) is 5.26 Å². The Labute approximate surface area is 103 Å². The summed E-state index contributed by atoms with van der Waals surface area (Å²) >= 11 is 7.62. The molecule has 0 N–H and O–H groups in total. The highest BCUT2D eigenvalue weighted by Crippen LogP contribution is 2.32. The number of Topliss-reactive ketones (excluding diaryl/α,β-unsaturated/α-hetero) is 1. The summed E-state index contributed by atoms with van der Waals surface area (Å²) in [6.45, 7) is 1.51. The number of alkyl halides is 1. The van der Waals surface area contributed by atoms with Crippen LogP contribution in [0.4, 0.5) is 0 Å². The van der Waals surface area contributed by atoms with Crippen LogP contribution in [0.25, 0.3) is 0 Å². The average molecular weight is 284 g/mol. The van der Waals surface area contributed by atoms with Crippen LogP contribution in [0.1, 0.15) is 22.9 Å². The molecule has 0 bridgehead atoms. The fourth-order valence-electron chi connectivity index (χ4n) is 1.33. The molecular formula is C11H10BrNOS. The quantitative estimate of drug-likeness (QED) is 0.684.